The Hall–Kier alpha value is -0.610. The zero-order valence-corrected chi connectivity index (χ0v) is 14.1. The molecule has 122 valence electrons. The number of rotatable bonds is 8. The van der Waals surface area contributed by atoms with Crippen LogP contribution in [0, 0.1) is 0 Å². The first-order valence-corrected chi connectivity index (χ1v) is 8.94. The molecule has 1 aliphatic carbocycles. The molecule has 21 heavy (non-hydrogen) atoms. The van der Waals surface area contributed by atoms with Gasteiger partial charge in [-0.05, 0) is 32.7 Å². The predicted octanol–water partition coefficient (Wildman–Crippen LogP) is 2.59. The minimum Gasteiger partial charge on any atom is -0.325 e. The molecule has 2 fully saturated rings. The van der Waals surface area contributed by atoms with E-state index in [2.05, 4.69) is 36.0 Å². The van der Waals surface area contributed by atoms with Crippen molar-refractivity contribution in [2.75, 3.05) is 20.1 Å². The van der Waals surface area contributed by atoms with Crippen molar-refractivity contribution in [3.8, 4) is 0 Å². The van der Waals surface area contributed by atoms with Crippen molar-refractivity contribution in [2.24, 2.45) is 0 Å². The zero-order valence-electron chi connectivity index (χ0n) is 14.1. The Morgan fingerprint density at radius 3 is 2.48 bits per heavy atom. The fraction of sp³-hybridized carbons (Fsp3) is 0.941. The normalized spacial score (nSPS) is 27.2. The highest BCUT2D eigenvalue weighted by atomic mass is 16.2. The summed E-state index contributed by atoms with van der Waals surface area (Å²) in [7, 11) is 2.22. The lowest BCUT2D eigenvalue weighted by Crippen LogP contribution is -2.43. The second-order valence-corrected chi connectivity index (χ2v) is 6.76. The molecule has 0 spiro atoms. The van der Waals surface area contributed by atoms with Gasteiger partial charge in [-0.1, -0.05) is 39.5 Å². The fourth-order valence-corrected chi connectivity index (χ4v) is 3.81. The predicted molar refractivity (Wildman–Crippen MR) is 87.1 cm³/mol. The molecule has 0 aromatic rings. The molecule has 4 nitrogen and oxygen atoms in total. The van der Waals surface area contributed by atoms with E-state index in [1.165, 1.54) is 25.7 Å². The highest BCUT2D eigenvalue weighted by Gasteiger charge is 2.37. The van der Waals surface area contributed by atoms with Crippen LogP contribution < -0.4 is 5.32 Å². The Balaban J connectivity index is 1.87. The van der Waals surface area contributed by atoms with Crippen molar-refractivity contribution < 1.29 is 4.79 Å². The van der Waals surface area contributed by atoms with Crippen LogP contribution in [0.3, 0.4) is 0 Å². The molecule has 0 bridgehead atoms. The van der Waals surface area contributed by atoms with E-state index in [4.69, 9.17) is 0 Å². The van der Waals surface area contributed by atoms with Gasteiger partial charge in [0.15, 0.2) is 0 Å². The molecular weight excluding hydrogens is 262 g/mol. The van der Waals surface area contributed by atoms with Crippen LogP contribution in [-0.2, 0) is 4.79 Å². The van der Waals surface area contributed by atoms with Gasteiger partial charge in [0.2, 0.25) is 5.91 Å². The first kappa shape index (κ1) is 16.8. The molecular formula is C17H33N3O. The van der Waals surface area contributed by atoms with Crippen molar-refractivity contribution in [3.05, 3.63) is 0 Å². The van der Waals surface area contributed by atoms with E-state index < -0.39 is 0 Å². The molecule has 4 heteroatoms. The Morgan fingerprint density at radius 2 is 1.86 bits per heavy atom. The van der Waals surface area contributed by atoms with Crippen molar-refractivity contribution >= 4 is 5.91 Å². The van der Waals surface area contributed by atoms with Gasteiger partial charge in [-0.2, -0.15) is 0 Å². The SMILES string of the molecule is CCCC1NC(CCC)N(CCN(C)C2CCCC2)C1=O. The van der Waals surface area contributed by atoms with Crippen LogP contribution in [0.25, 0.3) is 0 Å². The monoisotopic (exact) mass is 295 g/mol. The number of likely N-dealkylation sites (N-methyl/N-ethyl adjacent to an activating group) is 1. The summed E-state index contributed by atoms with van der Waals surface area (Å²) in [5, 5.41) is 3.54. The molecule has 0 aromatic heterocycles. The van der Waals surface area contributed by atoms with Crippen LogP contribution in [0.2, 0.25) is 0 Å². The lowest BCUT2D eigenvalue weighted by molar-refractivity contribution is -0.130. The molecule has 1 aliphatic heterocycles. The first-order valence-electron chi connectivity index (χ1n) is 8.94. The first-order chi connectivity index (χ1) is 10.2. The van der Waals surface area contributed by atoms with Gasteiger partial charge in [0.25, 0.3) is 0 Å². The van der Waals surface area contributed by atoms with Gasteiger partial charge in [-0.3, -0.25) is 10.1 Å². The molecule has 0 radical (unpaired) electrons. The van der Waals surface area contributed by atoms with Crippen LogP contribution in [0.1, 0.15) is 65.2 Å². The Kier molecular flexibility index (Phi) is 6.49. The largest absolute Gasteiger partial charge is 0.325 e. The van der Waals surface area contributed by atoms with E-state index >= 15 is 0 Å². The maximum Gasteiger partial charge on any atom is 0.241 e. The second-order valence-electron chi connectivity index (χ2n) is 6.76. The van der Waals surface area contributed by atoms with Gasteiger partial charge in [-0.25, -0.2) is 0 Å². The lowest BCUT2D eigenvalue weighted by Gasteiger charge is -2.29. The number of carbonyl (C=O) groups is 1. The molecule has 1 saturated heterocycles. The molecule has 1 amide bonds. The Morgan fingerprint density at radius 1 is 1.19 bits per heavy atom. The van der Waals surface area contributed by atoms with E-state index in [-0.39, 0.29) is 12.2 Å². The summed E-state index contributed by atoms with van der Waals surface area (Å²) in [5.41, 5.74) is 0. The second kappa shape index (κ2) is 8.14. The van der Waals surface area contributed by atoms with Gasteiger partial charge in [0.05, 0.1) is 12.2 Å². The summed E-state index contributed by atoms with van der Waals surface area (Å²) in [6.07, 6.45) is 9.89. The minimum absolute atomic E-state index is 0.0586. The van der Waals surface area contributed by atoms with E-state index in [0.717, 1.165) is 44.8 Å². The van der Waals surface area contributed by atoms with Crippen LogP contribution >= 0.6 is 0 Å². The standard InChI is InChI=1S/C17H33N3O/c1-4-8-15-17(21)20(16(18-15)9-5-2)13-12-19(3)14-10-6-7-11-14/h14-16,18H,4-13H2,1-3H3. The summed E-state index contributed by atoms with van der Waals surface area (Å²) in [4.78, 5) is 17.1. The average molecular weight is 295 g/mol. The van der Waals surface area contributed by atoms with E-state index in [9.17, 15) is 4.79 Å². The molecule has 1 N–H and O–H groups in total. The number of nitrogens with one attached hydrogen (secondary N) is 1. The summed E-state index contributed by atoms with van der Waals surface area (Å²) in [6, 6.07) is 0.801. The third-order valence-corrected chi connectivity index (χ3v) is 5.13. The van der Waals surface area contributed by atoms with Crippen molar-refractivity contribution in [3.63, 3.8) is 0 Å². The number of hydrogen-bond acceptors (Lipinski definition) is 3. The highest BCUT2D eigenvalue weighted by molar-refractivity contribution is 5.84. The molecule has 2 unspecified atom stereocenters. The maximum absolute atomic E-state index is 12.6. The third-order valence-electron chi connectivity index (χ3n) is 5.13. The lowest BCUT2D eigenvalue weighted by atomic mass is 10.1. The maximum atomic E-state index is 12.6. The third kappa shape index (κ3) is 4.19. The summed E-state index contributed by atoms with van der Waals surface area (Å²) in [6.45, 7) is 6.24. The van der Waals surface area contributed by atoms with Crippen molar-refractivity contribution in [1.82, 2.24) is 15.1 Å². The van der Waals surface area contributed by atoms with Crippen LogP contribution in [0.4, 0.5) is 0 Å². The topological polar surface area (TPSA) is 35.6 Å². The van der Waals surface area contributed by atoms with Crippen molar-refractivity contribution in [1.29, 1.82) is 0 Å². The van der Waals surface area contributed by atoms with Crippen molar-refractivity contribution in [2.45, 2.75) is 83.5 Å². The highest BCUT2D eigenvalue weighted by Crippen LogP contribution is 2.23. The van der Waals surface area contributed by atoms with Gasteiger partial charge in [0.1, 0.15) is 0 Å². The smallest absolute Gasteiger partial charge is 0.241 e. The molecule has 1 saturated carbocycles. The van der Waals surface area contributed by atoms with Crippen LogP contribution in [-0.4, -0.2) is 54.1 Å². The molecule has 2 aliphatic rings. The number of hydrogen-bond donors (Lipinski definition) is 1. The van der Waals surface area contributed by atoms with E-state index in [0.29, 0.717) is 5.91 Å². The quantitative estimate of drug-likeness (QED) is 0.747. The molecule has 2 rings (SSSR count). The molecule has 1 heterocycles. The fourth-order valence-electron chi connectivity index (χ4n) is 3.81. The Bertz CT molecular complexity index is 328. The summed E-state index contributed by atoms with van der Waals surface area (Å²) < 4.78 is 0. The molecule has 0 aromatic carbocycles. The van der Waals surface area contributed by atoms with Gasteiger partial charge < -0.3 is 9.80 Å². The minimum atomic E-state index is 0.0586. The molecule has 2 atom stereocenters. The summed E-state index contributed by atoms with van der Waals surface area (Å²) in [5.74, 6) is 0.329. The van der Waals surface area contributed by atoms with Gasteiger partial charge >= 0.3 is 0 Å². The number of carbonyl (C=O) groups excluding carboxylic acids is 1. The van der Waals surface area contributed by atoms with E-state index in [1.54, 1.807) is 0 Å². The van der Waals surface area contributed by atoms with E-state index in [1.807, 2.05) is 0 Å². The van der Waals surface area contributed by atoms with Gasteiger partial charge in [-0.15, -0.1) is 0 Å². The van der Waals surface area contributed by atoms with Gasteiger partial charge in [0, 0.05) is 19.1 Å². The number of nitrogens with zero attached hydrogens (tertiary/aromatic N) is 2. The summed E-state index contributed by atoms with van der Waals surface area (Å²) >= 11 is 0. The zero-order chi connectivity index (χ0) is 15.2. The number of amides is 1. The average Bonchev–Trinajstić information content (AvgIpc) is 3.08. The van der Waals surface area contributed by atoms with Crippen LogP contribution in [0.5, 0.6) is 0 Å². The van der Waals surface area contributed by atoms with Crippen LogP contribution in [0.15, 0.2) is 0 Å². The Labute approximate surface area is 130 Å².